The van der Waals surface area contributed by atoms with Crippen molar-refractivity contribution in [1.29, 1.82) is 5.26 Å². The average Bonchev–Trinajstić information content (AvgIpc) is 2.65. The number of carbonyl (C=O) groups excluding carboxylic acids is 1. The first-order valence-electron chi connectivity index (χ1n) is 7.30. The van der Waals surface area contributed by atoms with Crippen LogP contribution in [0.15, 0.2) is 53.4 Å². The highest BCUT2D eigenvalue weighted by molar-refractivity contribution is 7.89. The Balaban J connectivity index is 1.88. The minimum absolute atomic E-state index is 0.00183. The van der Waals surface area contributed by atoms with Gasteiger partial charge in [0.2, 0.25) is 10.0 Å². The zero-order valence-electron chi connectivity index (χ0n) is 13.4. The molecule has 0 bridgehead atoms. The van der Waals surface area contributed by atoms with Gasteiger partial charge in [0.1, 0.15) is 19.0 Å². The van der Waals surface area contributed by atoms with E-state index in [0.717, 1.165) is 0 Å². The molecule has 0 saturated carbocycles. The van der Waals surface area contributed by atoms with Crippen molar-refractivity contribution in [3.63, 3.8) is 0 Å². The Bertz CT molecular complexity index is 886. The normalized spacial score (nSPS) is 10.7. The molecule has 2 aromatic carbocycles. The summed E-state index contributed by atoms with van der Waals surface area (Å²) in [4.78, 5) is 12.0. The molecule has 25 heavy (non-hydrogen) atoms. The molecule has 0 aliphatic carbocycles. The van der Waals surface area contributed by atoms with Crippen molar-refractivity contribution < 1.29 is 22.7 Å². The van der Waals surface area contributed by atoms with Crippen LogP contribution < -0.4 is 9.46 Å². The highest BCUT2D eigenvalue weighted by Crippen LogP contribution is 2.13. The van der Waals surface area contributed by atoms with E-state index < -0.39 is 16.0 Å². The van der Waals surface area contributed by atoms with Crippen molar-refractivity contribution in [1.82, 2.24) is 4.72 Å². The largest absolute Gasteiger partial charge is 0.490 e. The molecule has 2 aromatic rings. The Kier molecular flexibility index (Phi) is 6.11. The van der Waals surface area contributed by atoms with E-state index in [9.17, 15) is 13.2 Å². The Morgan fingerprint density at radius 2 is 1.88 bits per heavy atom. The van der Waals surface area contributed by atoms with Crippen LogP contribution in [0.4, 0.5) is 0 Å². The molecule has 8 heteroatoms. The lowest BCUT2D eigenvalue weighted by atomic mass is 10.2. The number of carbonyl (C=O) groups is 1. The first-order valence-corrected chi connectivity index (χ1v) is 8.78. The van der Waals surface area contributed by atoms with Crippen LogP contribution in [-0.4, -0.2) is 34.6 Å². The van der Waals surface area contributed by atoms with E-state index in [1.165, 1.54) is 31.3 Å². The van der Waals surface area contributed by atoms with E-state index in [-0.39, 0.29) is 23.7 Å². The maximum absolute atomic E-state index is 12.0. The molecule has 0 spiro atoms. The third-order valence-corrected chi connectivity index (χ3v) is 4.63. The fourth-order valence-electron chi connectivity index (χ4n) is 1.91. The molecule has 7 nitrogen and oxygen atoms in total. The number of ether oxygens (including phenoxy) is 2. The van der Waals surface area contributed by atoms with E-state index in [4.69, 9.17) is 14.7 Å². The number of hydrogen-bond donors (Lipinski definition) is 1. The van der Waals surface area contributed by atoms with Gasteiger partial charge in [0, 0.05) is 0 Å². The summed E-state index contributed by atoms with van der Waals surface area (Å²) < 4.78 is 36.1. The zero-order valence-corrected chi connectivity index (χ0v) is 14.2. The molecular formula is C17H16N2O5S. The highest BCUT2D eigenvalue weighted by Gasteiger charge is 2.15. The second-order valence-electron chi connectivity index (χ2n) is 4.86. The standard InChI is InChI=1S/C17H16N2O5S/c1-19-25(21,22)16-4-2-3-14(11-16)17(20)24-10-9-23-15-7-5-13(12-18)6-8-15/h2-8,11,19H,9-10H2,1H3. The Hall–Kier alpha value is -2.89. The maximum Gasteiger partial charge on any atom is 0.338 e. The van der Waals surface area contributed by atoms with Crippen molar-refractivity contribution in [2.24, 2.45) is 0 Å². The average molecular weight is 360 g/mol. The second kappa shape index (κ2) is 8.28. The SMILES string of the molecule is CNS(=O)(=O)c1cccc(C(=O)OCCOc2ccc(C#N)cc2)c1. The highest BCUT2D eigenvalue weighted by atomic mass is 32.2. The van der Waals surface area contributed by atoms with Gasteiger partial charge in [-0.05, 0) is 49.5 Å². The van der Waals surface area contributed by atoms with Gasteiger partial charge in [-0.2, -0.15) is 5.26 Å². The fraction of sp³-hybridized carbons (Fsp3) is 0.176. The van der Waals surface area contributed by atoms with E-state index in [1.54, 1.807) is 24.3 Å². The van der Waals surface area contributed by atoms with Gasteiger partial charge in [0.25, 0.3) is 0 Å². The van der Waals surface area contributed by atoms with Gasteiger partial charge in [-0.25, -0.2) is 17.9 Å². The molecular weight excluding hydrogens is 344 g/mol. The molecule has 130 valence electrons. The number of rotatable bonds is 7. The van der Waals surface area contributed by atoms with E-state index in [0.29, 0.717) is 11.3 Å². The molecule has 0 unspecified atom stereocenters. The summed E-state index contributed by atoms with van der Waals surface area (Å²) in [6.45, 7) is 0.133. The number of esters is 1. The van der Waals surface area contributed by atoms with Gasteiger partial charge in [0.05, 0.1) is 22.1 Å². The van der Waals surface area contributed by atoms with Gasteiger partial charge in [0.15, 0.2) is 0 Å². The van der Waals surface area contributed by atoms with Crippen LogP contribution in [0.2, 0.25) is 0 Å². The molecule has 0 radical (unpaired) electrons. The van der Waals surface area contributed by atoms with Crippen LogP contribution in [0.1, 0.15) is 15.9 Å². The number of nitrogens with one attached hydrogen (secondary N) is 1. The fourth-order valence-corrected chi connectivity index (χ4v) is 2.69. The van der Waals surface area contributed by atoms with Crippen LogP contribution in [0.25, 0.3) is 0 Å². The third kappa shape index (κ3) is 5.04. The predicted molar refractivity (Wildman–Crippen MR) is 89.6 cm³/mol. The van der Waals surface area contributed by atoms with Gasteiger partial charge in [-0.3, -0.25) is 0 Å². The molecule has 0 aliphatic rings. The lowest BCUT2D eigenvalue weighted by Crippen LogP contribution is -2.19. The van der Waals surface area contributed by atoms with E-state index >= 15 is 0 Å². The van der Waals surface area contributed by atoms with Crippen molar-refractivity contribution in [3.05, 3.63) is 59.7 Å². The molecule has 0 aliphatic heterocycles. The first-order chi connectivity index (χ1) is 12.0. The summed E-state index contributed by atoms with van der Waals surface area (Å²) >= 11 is 0. The van der Waals surface area contributed by atoms with Crippen LogP contribution in [-0.2, 0) is 14.8 Å². The monoisotopic (exact) mass is 360 g/mol. The maximum atomic E-state index is 12.0. The van der Waals surface area contributed by atoms with Crippen LogP contribution in [0, 0.1) is 11.3 Å². The van der Waals surface area contributed by atoms with Gasteiger partial charge in [-0.1, -0.05) is 6.07 Å². The number of hydrogen-bond acceptors (Lipinski definition) is 6. The third-order valence-electron chi connectivity index (χ3n) is 3.22. The summed E-state index contributed by atoms with van der Waals surface area (Å²) in [5.41, 5.74) is 0.657. The minimum atomic E-state index is -3.63. The van der Waals surface area contributed by atoms with Crippen molar-refractivity contribution in [2.75, 3.05) is 20.3 Å². The molecule has 0 fully saturated rings. The number of nitrogens with zero attached hydrogens (tertiary/aromatic N) is 1. The van der Waals surface area contributed by atoms with Crippen LogP contribution in [0.5, 0.6) is 5.75 Å². The van der Waals surface area contributed by atoms with Crippen LogP contribution in [0.3, 0.4) is 0 Å². The Labute approximate surface area is 145 Å². The van der Waals surface area contributed by atoms with E-state index in [1.807, 2.05) is 6.07 Å². The molecule has 0 saturated heterocycles. The molecule has 0 heterocycles. The molecule has 0 aromatic heterocycles. The zero-order chi connectivity index (χ0) is 18.3. The second-order valence-corrected chi connectivity index (χ2v) is 6.74. The number of benzene rings is 2. The molecule has 1 N–H and O–H groups in total. The summed E-state index contributed by atoms with van der Waals surface area (Å²) in [5, 5.41) is 8.71. The summed E-state index contributed by atoms with van der Waals surface area (Å²) in [7, 11) is -2.33. The van der Waals surface area contributed by atoms with Crippen LogP contribution >= 0.6 is 0 Å². The van der Waals surface area contributed by atoms with Crippen molar-refractivity contribution in [3.8, 4) is 11.8 Å². The topological polar surface area (TPSA) is 105 Å². The smallest absolute Gasteiger partial charge is 0.338 e. The van der Waals surface area contributed by atoms with Gasteiger partial charge in [-0.15, -0.1) is 0 Å². The summed E-state index contributed by atoms with van der Waals surface area (Å²) in [5.74, 6) is -0.0891. The Morgan fingerprint density at radius 1 is 1.16 bits per heavy atom. The van der Waals surface area contributed by atoms with Crippen molar-refractivity contribution >= 4 is 16.0 Å². The summed E-state index contributed by atoms with van der Waals surface area (Å²) in [6.07, 6.45) is 0. The van der Waals surface area contributed by atoms with Gasteiger partial charge < -0.3 is 9.47 Å². The number of nitriles is 1. The summed E-state index contributed by atoms with van der Waals surface area (Å²) in [6, 6.07) is 14.1. The predicted octanol–water partition coefficient (Wildman–Crippen LogP) is 1.70. The quantitative estimate of drug-likeness (QED) is 0.595. The lowest BCUT2D eigenvalue weighted by molar-refractivity contribution is 0.0450. The van der Waals surface area contributed by atoms with E-state index in [2.05, 4.69) is 4.72 Å². The Morgan fingerprint density at radius 3 is 2.52 bits per heavy atom. The molecule has 0 atom stereocenters. The first kappa shape index (κ1) is 18.4. The number of sulfonamides is 1. The minimum Gasteiger partial charge on any atom is -0.490 e. The molecule has 2 rings (SSSR count). The molecule has 0 amide bonds. The van der Waals surface area contributed by atoms with Crippen molar-refractivity contribution in [2.45, 2.75) is 4.90 Å². The van der Waals surface area contributed by atoms with Gasteiger partial charge >= 0.3 is 5.97 Å². The lowest BCUT2D eigenvalue weighted by Gasteiger charge is -2.08.